The molecule has 11 heavy (non-hydrogen) atoms. The minimum absolute atomic E-state index is 0.667. The van der Waals surface area contributed by atoms with Crippen LogP contribution in [0.3, 0.4) is 0 Å². The zero-order valence-electron chi connectivity index (χ0n) is 6.41. The third kappa shape index (κ3) is 9.82. The highest BCUT2D eigenvalue weighted by Crippen LogP contribution is 1.98. The summed E-state index contributed by atoms with van der Waals surface area (Å²) in [5.41, 5.74) is 0. The van der Waals surface area contributed by atoms with Crippen LogP contribution in [0.15, 0.2) is 4.99 Å². The van der Waals surface area contributed by atoms with Gasteiger partial charge in [-0.15, -0.1) is 0 Å². The molecule has 0 saturated heterocycles. The number of hydrogen-bond acceptors (Lipinski definition) is 3. The van der Waals surface area contributed by atoms with Crippen LogP contribution in [0.5, 0.6) is 0 Å². The van der Waals surface area contributed by atoms with E-state index in [-0.39, 0.29) is 0 Å². The Labute approximate surface area is 76.6 Å². The molecule has 0 atom stereocenters. The highest BCUT2D eigenvalue weighted by molar-refractivity contribution is 7.78. The summed E-state index contributed by atoms with van der Waals surface area (Å²) in [5, 5.41) is 2.32. The predicted octanol–water partition coefficient (Wildman–Crippen LogP) is 2.08. The molecule has 0 aliphatic heterocycles. The lowest BCUT2D eigenvalue weighted by atomic mass is 10.2. The minimum atomic E-state index is 0.667. The molecule has 0 aliphatic rings. The van der Waals surface area contributed by atoms with E-state index < -0.39 is 0 Å². The van der Waals surface area contributed by atoms with Crippen LogP contribution >= 0.6 is 12.2 Å². The first-order valence-corrected chi connectivity index (χ1v) is 5.02. The average Bonchev–Trinajstić information content (AvgIpc) is 2.03. The smallest absolute Gasteiger partial charge is 0.233 e. The first kappa shape index (κ1) is 10.8. The van der Waals surface area contributed by atoms with Gasteiger partial charge in [-0.2, -0.15) is 0 Å². The zero-order valence-corrected chi connectivity index (χ0v) is 8.05. The van der Waals surface area contributed by atoms with E-state index in [1.165, 1.54) is 0 Å². The molecule has 0 radical (unpaired) electrons. The van der Waals surface area contributed by atoms with E-state index >= 15 is 0 Å². The van der Waals surface area contributed by atoms with Gasteiger partial charge in [-0.25, -0.2) is 4.99 Å². The topological polar surface area (TPSA) is 29.4 Å². The Morgan fingerprint density at radius 2 is 2.00 bits per heavy atom. The van der Waals surface area contributed by atoms with Gasteiger partial charge in [0.05, 0.1) is 5.16 Å². The van der Waals surface area contributed by atoms with Crippen molar-refractivity contribution >= 4 is 29.0 Å². The van der Waals surface area contributed by atoms with E-state index in [4.69, 9.17) is 0 Å². The van der Waals surface area contributed by atoms with Crippen molar-refractivity contribution < 1.29 is 4.21 Å². The molecule has 4 heteroatoms. The second-order valence-corrected chi connectivity index (χ2v) is 3.04. The van der Waals surface area contributed by atoms with Crippen LogP contribution in [0.4, 0.5) is 0 Å². The second kappa shape index (κ2) is 9.82. The lowest BCUT2D eigenvalue weighted by Crippen LogP contribution is -1.85. The van der Waals surface area contributed by atoms with Crippen molar-refractivity contribution in [3.05, 3.63) is 0 Å². The van der Waals surface area contributed by atoms with Crippen LogP contribution in [-0.4, -0.2) is 17.5 Å². The highest BCUT2D eigenvalue weighted by Gasteiger charge is 1.96. The highest BCUT2D eigenvalue weighted by atomic mass is 32.1. The van der Waals surface area contributed by atoms with Gasteiger partial charge in [0.1, 0.15) is 0 Å². The molecule has 62 valence electrons. The Bertz CT molecular complexity index is 143. The Hall–Kier alpha value is -0.180. The van der Waals surface area contributed by atoms with E-state index in [9.17, 15) is 4.21 Å². The van der Waals surface area contributed by atoms with E-state index in [2.05, 4.69) is 22.4 Å². The van der Waals surface area contributed by atoms with Gasteiger partial charge >= 0.3 is 11.7 Å². The molecule has 0 N–H and O–H groups in total. The number of unbranched alkanes of at least 4 members (excludes halogenated alkanes) is 3. The second-order valence-electron chi connectivity index (χ2n) is 2.21. The van der Waals surface area contributed by atoms with Crippen molar-refractivity contribution in [1.82, 2.24) is 0 Å². The summed E-state index contributed by atoms with van der Waals surface area (Å²) in [6.45, 7) is 0.786. The lowest BCUT2D eigenvalue weighted by Gasteiger charge is -1.91. The molecule has 0 saturated carbocycles. The third-order valence-corrected chi connectivity index (χ3v) is 1.90. The molecule has 0 bridgehead atoms. The molecule has 0 unspecified atom stereocenters. The standard InChI is InChI=1S/C7H12NOS2/c9-11-6-4-2-1-3-5-8-7-10/h1-6H2/q+1. The van der Waals surface area contributed by atoms with Crippen molar-refractivity contribution in [2.75, 3.05) is 12.3 Å². The lowest BCUT2D eigenvalue weighted by molar-refractivity contribution is 0.601. The summed E-state index contributed by atoms with van der Waals surface area (Å²) >= 11 is 5.08. The van der Waals surface area contributed by atoms with Gasteiger partial charge in [0, 0.05) is 17.2 Å². The Morgan fingerprint density at radius 1 is 1.27 bits per heavy atom. The SMILES string of the molecule is O=[S+]CCCCCCN=C=S. The van der Waals surface area contributed by atoms with E-state index in [0.29, 0.717) is 11.7 Å². The summed E-state index contributed by atoms with van der Waals surface area (Å²) in [4.78, 5) is 3.79. The predicted molar refractivity (Wildman–Crippen MR) is 51.3 cm³/mol. The van der Waals surface area contributed by atoms with Crippen molar-refractivity contribution in [2.24, 2.45) is 4.99 Å². The van der Waals surface area contributed by atoms with Crippen LogP contribution in [0.25, 0.3) is 0 Å². The number of rotatable bonds is 7. The van der Waals surface area contributed by atoms with Crippen LogP contribution in [0.1, 0.15) is 25.7 Å². The molecule has 0 fully saturated rings. The first-order chi connectivity index (χ1) is 5.41. The van der Waals surface area contributed by atoms with Crippen LogP contribution in [0, 0.1) is 0 Å². The molecule has 2 nitrogen and oxygen atoms in total. The zero-order chi connectivity index (χ0) is 8.36. The monoisotopic (exact) mass is 190 g/mol. The molecule has 0 aromatic carbocycles. The Balaban J connectivity index is 2.90. The quantitative estimate of drug-likeness (QED) is 0.266. The number of aliphatic imine (C=N–C) groups is 1. The Morgan fingerprint density at radius 3 is 2.64 bits per heavy atom. The van der Waals surface area contributed by atoms with Crippen LogP contribution in [-0.2, 0) is 15.9 Å². The van der Waals surface area contributed by atoms with Crippen molar-refractivity contribution in [1.29, 1.82) is 0 Å². The maximum atomic E-state index is 9.94. The molecule has 0 spiro atoms. The van der Waals surface area contributed by atoms with Crippen LogP contribution < -0.4 is 0 Å². The van der Waals surface area contributed by atoms with E-state index in [1.807, 2.05) is 0 Å². The maximum Gasteiger partial charge on any atom is 0.458 e. The summed E-state index contributed by atoms with van der Waals surface area (Å²) in [7, 11) is 0. The van der Waals surface area contributed by atoms with Crippen molar-refractivity contribution in [2.45, 2.75) is 25.7 Å². The molecule has 0 aromatic heterocycles. The van der Waals surface area contributed by atoms with Gasteiger partial charge in [0.15, 0.2) is 0 Å². The van der Waals surface area contributed by atoms with Gasteiger partial charge in [0.25, 0.3) is 0 Å². The number of hydrogen-bond donors (Lipinski definition) is 0. The number of nitrogens with zero attached hydrogens (tertiary/aromatic N) is 1. The molecular weight excluding hydrogens is 178 g/mol. The summed E-state index contributed by atoms with van der Waals surface area (Å²) in [6.07, 6.45) is 4.35. The van der Waals surface area contributed by atoms with E-state index in [1.54, 1.807) is 0 Å². The van der Waals surface area contributed by atoms with Gasteiger partial charge in [-0.3, -0.25) is 0 Å². The molecule has 0 rings (SSSR count). The Kier molecular flexibility index (Phi) is 9.66. The molecule has 0 aliphatic carbocycles. The van der Waals surface area contributed by atoms with Gasteiger partial charge in [-0.1, -0.05) is 6.42 Å². The summed E-state index contributed by atoms with van der Waals surface area (Å²) in [5.74, 6) is 0.733. The largest absolute Gasteiger partial charge is 0.458 e. The number of isothiocyanates is 1. The third-order valence-electron chi connectivity index (χ3n) is 1.31. The van der Waals surface area contributed by atoms with Gasteiger partial charge in [0.2, 0.25) is 5.75 Å². The van der Waals surface area contributed by atoms with Crippen LogP contribution in [0.2, 0.25) is 0 Å². The van der Waals surface area contributed by atoms with Crippen molar-refractivity contribution in [3.63, 3.8) is 0 Å². The maximum absolute atomic E-state index is 9.94. The summed E-state index contributed by atoms with van der Waals surface area (Å²) < 4.78 is 9.94. The normalized spacial score (nSPS) is 8.73. The molecule has 0 aromatic rings. The fourth-order valence-corrected chi connectivity index (χ4v) is 1.16. The van der Waals surface area contributed by atoms with Crippen molar-refractivity contribution in [3.8, 4) is 0 Å². The molecule has 0 amide bonds. The van der Waals surface area contributed by atoms with Gasteiger partial charge in [-0.05, 0) is 25.1 Å². The molecule has 0 heterocycles. The number of thiocarbonyl (C=S) groups is 1. The fourth-order valence-electron chi connectivity index (χ4n) is 0.751. The first-order valence-electron chi connectivity index (χ1n) is 3.70. The van der Waals surface area contributed by atoms with Gasteiger partial charge < -0.3 is 0 Å². The molecular formula is C7H12NOS2+. The van der Waals surface area contributed by atoms with E-state index in [0.717, 1.165) is 38.0 Å². The summed E-state index contributed by atoms with van der Waals surface area (Å²) in [6, 6.07) is 0. The minimum Gasteiger partial charge on any atom is -0.233 e. The fraction of sp³-hybridized carbons (Fsp3) is 0.857. The average molecular weight is 190 g/mol.